The van der Waals surface area contributed by atoms with Crippen molar-refractivity contribution in [1.82, 2.24) is 20.0 Å². The van der Waals surface area contributed by atoms with Gasteiger partial charge in [0.15, 0.2) is 5.65 Å². The Hall–Kier alpha value is -3.78. The molecule has 0 saturated carbocycles. The maximum absolute atomic E-state index is 13.1. The van der Waals surface area contributed by atoms with Crippen molar-refractivity contribution >= 4 is 40.1 Å². The lowest BCUT2D eigenvalue weighted by Crippen LogP contribution is -2.32. The lowest BCUT2D eigenvalue weighted by Gasteiger charge is -2.10. The van der Waals surface area contributed by atoms with E-state index in [1.54, 1.807) is 6.21 Å². The Kier molecular flexibility index (Phi) is 5.05. The molecule has 4 aromatic rings. The van der Waals surface area contributed by atoms with Crippen LogP contribution in [0.2, 0.25) is 0 Å². The van der Waals surface area contributed by atoms with Crippen molar-refractivity contribution in [1.29, 1.82) is 0 Å². The summed E-state index contributed by atoms with van der Waals surface area (Å²) < 4.78 is 7.08. The number of amides is 1. The summed E-state index contributed by atoms with van der Waals surface area (Å²) in [6.07, 6.45) is 3.65. The first-order chi connectivity index (χ1) is 15.2. The van der Waals surface area contributed by atoms with Crippen molar-refractivity contribution in [3.8, 4) is 0 Å². The molecule has 0 radical (unpaired) electrons. The van der Waals surface area contributed by atoms with Crippen LogP contribution in [0.25, 0.3) is 22.2 Å². The molecule has 1 amide bonds. The van der Waals surface area contributed by atoms with E-state index in [1.807, 2.05) is 54.6 Å². The lowest BCUT2D eigenvalue weighted by molar-refractivity contribution is 0.0859. The third-order valence-electron chi connectivity index (χ3n) is 5.34. The Morgan fingerprint density at radius 3 is 2.65 bits per heavy atom. The predicted octanol–water partition coefficient (Wildman–Crippen LogP) is 2.96. The smallest absolute Gasteiger partial charge is 0.257 e. The van der Waals surface area contributed by atoms with Crippen molar-refractivity contribution < 1.29 is 9.53 Å². The van der Waals surface area contributed by atoms with Crippen molar-refractivity contribution in [2.75, 3.05) is 18.9 Å². The molecule has 31 heavy (non-hydrogen) atoms. The average Bonchev–Trinajstić information content (AvgIpc) is 3.41. The molecule has 1 atom stereocenters. The summed E-state index contributed by atoms with van der Waals surface area (Å²) in [6.45, 7) is 1.16. The van der Waals surface area contributed by atoms with Gasteiger partial charge in [-0.15, -0.1) is 0 Å². The number of hydrogen-bond donors (Lipinski definition) is 2. The third-order valence-corrected chi connectivity index (χ3v) is 5.34. The minimum atomic E-state index is -0.309. The molecule has 0 bridgehead atoms. The highest BCUT2D eigenvalue weighted by Crippen LogP contribution is 2.28. The number of benzene rings is 2. The summed E-state index contributed by atoms with van der Waals surface area (Å²) in [6, 6.07) is 17.2. The van der Waals surface area contributed by atoms with Gasteiger partial charge in [-0.2, -0.15) is 9.78 Å². The van der Waals surface area contributed by atoms with Crippen LogP contribution in [0.4, 0.5) is 5.82 Å². The van der Waals surface area contributed by atoms with Gasteiger partial charge in [0.2, 0.25) is 0 Å². The molecule has 5 rings (SSSR count). The van der Waals surface area contributed by atoms with E-state index >= 15 is 0 Å². The Morgan fingerprint density at radius 1 is 1.16 bits per heavy atom. The van der Waals surface area contributed by atoms with E-state index in [2.05, 4.69) is 15.4 Å². The van der Waals surface area contributed by atoms with Gasteiger partial charge >= 0.3 is 0 Å². The number of hydrogen-bond acceptors (Lipinski definition) is 6. The monoisotopic (exact) mass is 414 g/mol. The number of anilines is 1. The first kappa shape index (κ1) is 19.2. The Balaban J connectivity index is 1.59. The van der Waals surface area contributed by atoms with Gasteiger partial charge in [0.05, 0.1) is 23.4 Å². The van der Waals surface area contributed by atoms with E-state index < -0.39 is 0 Å². The molecule has 2 aromatic carbocycles. The summed E-state index contributed by atoms with van der Waals surface area (Å²) in [5, 5.41) is 7.44. The number of ether oxygens (including phenoxy) is 1. The fourth-order valence-corrected chi connectivity index (χ4v) is 3.75. The summed E-state index contributed by atoms with van der Waals surface area (Å²) in [5.74, 6) is -0.112. The normalized spacial score (nSPS) is 16.5. The van der Waals surface area contributed by atoms with E-state index in [9.17, 15) is 4.79 Å². The predicted molar refractivity (Wildman–Crippen MR) is 120 cm³/mol. The standard InChI is InChI=1S/C23H22N6O2/c24-21-19(23(30)25-14-16-9-6-12-31-16)20-22(28-18-11-5-4-10-17(18)27-20)29(21)26-13-15-7-2-1-3-8-15/h1-5,7-8,10-11,13,16H,6,9,12,14,24H2,(H,25,30)/b26-13-/t16-/m1/s1. The molecule has 0 unspecified atom stereocenters. The molecule has 3 N–H and O–H groups in total. The first-order valence-electron chi connectivity index (χ1n) is 10.3. The van der Waals surface area contributed by atoms with Gasteiger partial charge in [-0.25, -0.2) is 9.97 Å². The molecule has 1 aliphatic heterocycles. The van der Waals surface area contributed by atoms with Crippen LogP contribution in [0.1, 0.15) is 28.8 Å². The van der Waals surface area contributed by atoms with Crippen LogP contribution >= 0.6 is 0 Å². The van der Waals surface area contributed by atoms with E-state index in [4.69, 9.17) is 15.5 Å². The second-order valence-electron chi connectivity index (χ2n) is 7.46. The van der Waals surface area contributed by atoms with Crippen molar-refractivity contribution in [3.05, 3.63) is 65.7 Å². The van der Waals surface area contributed by atoms with Gasteiger partial charge < -0.3 is 15.8 Å². The van der Waals surface area contributed by atoms with Crippen LogP contribution in [-0.4, -0.2) is 46.0 Å². The molecule has 1 aliphatic rings. The highest BCUT2D eigenvalue weighted by molar-refractivity contribution is 6.10. The molecule has 2 aromatic heterocycles. The maximum atomic E-state index is 13.1. The SMILES string of the molecule is Nc1c(C(=O)NC[C@H]2CCCO2)c2nc3ccccc3nc2n1/N=C\c1ccccc1. The van der Waals surface area contributed by atoms with Crippen molar-refractivity contribution in [2.24, 2.45) is 5.10 Å². The molecule has 8 nitrogen and oxygen atoms in total. The zero-order valence-electron chi connectivity index (χ0n) is 16.9. The molecule has 0 aliphatic carbocycles. The zero-order valence-corrected chi connectivity index (χ0v) is 16.9. The van der Waals surface area contributed by atoms with Crippen LogP contribution in [0, 0.1) is 0 Å². The second-order valence-corrected chi connectivity index (χ2v) is 7.46. The fraction of sp³-hybridized carbons (Fsp3) is 0.217. The number of carbonyl (C=O) groups is 1. The largest absolute Gasteiger partial charge is 0.383 e. The minimum Gasteiger partial charge on any atom is -0.383 e. The van der Waals surface area contributed by atoms with Crippen LogP contribution in [0.15, 0.2) is 59.7 Å². The van der Waals surface area contributed by atoms with Gasteiger partial charge in [-0.3, -0.25) is 4.79 Å². The highest BCUT2D eigenvalue weighted by atomic mass is 16.5. The third kappa shape index (κ3) is 3.73. The number of aromatic nitrogens is 3. The molecule has 1 fully saturated rings. The van der Waals surface area contributed by atoms with Crippen LogP contribution in [0.5, 0.6) is 0 Å². The van der Waals surface area contributed by atoms with Crippen molar-refractivity contribution in [3.63, 3.8) is 0 Å². The number of para-hydroxylation sites is 2. The number of carbonyl (C=O) groups excluding carboxylic acids is 1. The first-order valence-corrected chi connectivity index (χ1v) is 10.3. The molecule has 3 heterocycles. The Labute approximate surface area is 178 Å². The average molecular weight is 414 g/mol. The van der Waals surface area contributed by atoms with E-state index in [0.29, 0.717) is 28.7 Å². The molecule has 8 heteroatoms. The molecule has 156 valence electrons. The van der Waals surface area contributed by atoms with Gasteiger partial charge in [0.1, 0.15) is 16.9 Å². The zero-order chi connectivity index (χ0) is 21.2. The number of nitrogens with two attached hydrogens (primary N) is 1. The van der Waals surface area contributed by atoms with Crippen LogP contribution < -0.4 is 11.1 Å². The summed E-state index contributed by atoms with van der Waals surface area (Å²) >= 11 is 0. The molecule has 0 spiro atoms. The molecular formula is C23H22N6O2. The van der Waals surface area contributed by atoms with E-state index in [-0.39, 0.29) is 23.4 Å². The molecule has 1 saturated heterocycles. The van der Waals surface area contributed by atoms with Gasteiger partial charge in [0.25, 0.3) is 5.91 Å². The van der Waals surface area contributed by atoms with E-state index in [0.717, 1.165) is 25.0 Å². The fourth-order valence-electron chi connectivity index (χ4n) is 3.75. The lowest BCUT2D eigenvalue weighted by atomic mass is 10.2. The summed E-state index contributed by atoms with van der Waals surface area (Å²) in [5.41, 5.74) is 9.83. The topological polar surface area (TPSA) is 107 Å². The number of nitrogens with one attached hydrogen (secondary N) is 1. The number of nitrogen functional groups attached to an aromatic ring is 1. The molecular weight excluding hydrogens is 392 g/mol. The van der Waals surface area contributed by atoms with Gasteiger partial charge in [-0.05, 0) is 30.5 Å². The van der Waals surface area contributed by atoms with Crippen LogP contribution in [0.3, 0.4) is 0 Å². The Bertz CT molecular complexity index is 1280. The van der Waals surface area contributed by atoms with Gasteiger partial charge in [-0.1, -0.05) is 42.5 Å². The quantitative estimate of drug-likeness (QED) is 0.488. The van der Waals surface area contributed by atoms with Crippen molar-refractivity contribution in [2.45, 2.75) is 18.9 Å². The van der Waals surface area contributed by atoms with Gasteiger partial charge in [0, 0.05) is 13.2 Å². The summed E-state index contributed by atoms with van der Waals surface area (Å²) in [7, 11) is 0. The second kappa shape index (κ2) is 8.16. The number of fused-ring (bicyclic) bond motifs is 2. The Morgan fingerprint density at radius 2 is 1.90 bits per heavy atom. The number of nitrogens with zero attached hydrogens (tertiary/aromatic N) is 4. The maximum Gasteiger partial charge on any atom is 0.257 e. The summed E-state index contributed by atoms with van der Waals surface area (Å²) in [4.78, 5) is 22.5. The number of rotatable bonds is 5. The van der Waals surface area contributed by atoms with Crippen LogP contribution in [-0.2, 0) is 4.74 Å². The highest BCUT2D eigenvalue weighted by Gasteiger charge is 2.25. The van der Waals surface area contributed by atoms with E-state index in [1.165, 1.54) is 4.68 Å². The minimum absolute atomic E-state index is 0.0292.